The molecule has 1 aliphatic rings. The molecule has 3 N–H and O–H groups in total. The van der Waals surface area contributed by atoms with Crippen LogP contribution in [-0.2, 0) is 9.59 Å². The number of halogens is 1. The third-order valence-electron chi connectivity index (χ3n) is 3.45. The van der Waals surface area contributed by atoms with Gasteiger partial charge in [0, 0.05) is 0 Å². The molecule has 7 nitrogen and oxygen atoms in total. The van der Waals surface area contributed by atoms with E-state index in [-0.39, 0.29) is 6.42 Å². The fourth-order valence-corrected chi connectivity index (χ4v) is 2.41. The van der Waals surface area contributed by atoms with Crippen LogP contribution in [0.15, 0.2) is 42.6 Å². The maximum Gasteiger partial charge on any atom is 0.254 e. The molecule has 1 aromatic carbocycles. The Kier molecular flexibility index (Phi) is 4.43. The summed E-state index contributed by atoms with van der Waals surface area (Å²) in [6.45, 7) is 0. The fourth-order valence-electron chi connectivity index (χ4n) is 2.30. The van der Waals surface area contributed by atoms with E-state index in [1.54, 1.807) is 30.3 Å². The average Bonchev–Trinajstić information content (AvgIpc) is 2.67. The second kappa shape index (κ2) is 6.67. The summed E-state index contributed by atoms with van der Waals surface area (Å²) in [5, 5.41) is 8.12. The van der Waals surface area contributed by atoms with Crippen LogP contribution in [0.2, 0.25) is 5.15 Å². The molecule has 0 radical (unpaired) electrons. The molecule has 0 fully saturated rings. The van der Waals surface area contributed by atoms with Gasteiger partial charge in [0.2, 0.25) is 11.8 Å². The summed E-state index contributed by atoms with van der Waals surface area (Å²) >= 11 is 5.68. The highest BCUT2D eigenvalue weighted by atomic mass is 35.5. The fraction of sp³-hybridized carbons (Fsp3) is 0.125. The van der Waals surface area contributed by atoms with Gasteiger partial charge in [-0.1, -0.05) is 23.7 Å². The van der Waals surface area contributed by atoms with Crippen molar-refractivity contribution in [3.8, 4) is 0 Å². The first-order valence-corrected chi connectivity index (χ1v) is 7.53. The van der Waals surface area contributed by atoms with E-state index in [1.165, 1.54) is 12.3 Å². The quantitative estimate of drug-likeness (QED) is 0.739. The first-order chi connectivity index (χ1) is 11.5. The molecule has 0 saturated carbocycles. The number of carbonyl (C=O) groups excluding carboxylic acids is 3. The predicted octanol–water partition coefficient (Wildman–Crippen LogP) is 1.81. The molecule has 3 rings (SSSR count). The summed E-state index contributed by atoms with van der Waals surface area (Å²) < 4.78 is 0. The van der Waals surface area contributed by atoms with Gasteiger partial charge in [-0.15, -0.1) is 0 Å². The zero-order valence-corrected chi connectivity index (χ0v) is 13.1. The molecule has 2 heterocycles. The Labute approximate surface area is 142 Å². The number of nitrogens with one attached hydrogen (secondary N) is 3. The van der Waals surface area contributed by atoms with Gasteiger partial charge in [0.1, 0.15) is 11.2 Å². The van der Waals surface area contributed by atoms with E-state index in [9.17, 15) is 14.4 Å². The Bertz CT molecular complexity index is 807. The minimum Gasteiger partial charge on any atom is -0.340 e. The molecular formula is C16H13ClN4O3. The van der Waals surface area contributed by atoms with Crippen LogP contribution in [0.25, 0.3) is 0 Å². The number of carbonyl (C=O) groups is 3. The molecule has 1 atom stereocenters. The number of hydrogen-bond donors (Lipinski definition) is 3. The second-order valence-corrected chi connectivity index (χ2v) is 5.57. The van der Waals surface area contributed by atoms with E-state index >= 15 is 0 Å². The zero-order chi connectivity index (χ0) is 17.1. The van der Waals surface area contributed by atoms with Crippen LogP contribution >= 0.6 is 11.6 Å². The molecule has 0 saturated heterocycles. The standard InChI is InChI=1S/C16H13ClN4O3/c17-13-6-5-9(8-18-13)19-14(22)7-12-16(24)20-11-4-2-1-3-10(11)15(23)21-12/h1-6,8,12H,7H2,(H,19,22)(H,20,24)(H,21,23). The first kappa shape index (κ1) is 15.9. The number of para-hydroxylation sites is 1. The van der Waals surface area contributed by atoms with Gasteiger partial charge in [-0.25, -0.2) is 4.98 Å². The van der Waals surface area contributed by atoms with Gasteiger partial charge in [0.25, 0.3) is 5.91 Å². The highest BCUT2D eigenvalue weighted by Gasteiger charge is 2.29. The number of anilines is 2. The lowest BCUT2D eigenvalue weighted by atomic mass is 10.1. The summed E-state index contributed by atoms with van der Waals surface area (Å²) in [6.07, 6.45) is 1.20. The monoisotopic (exact) mass is 344 g/mol. The van der Waals surface area contributed by atoms with Crippen LogP contribution in [-0.4, -0.2) is 28.7 Å². The van der Waals surface area contributed by atoms with Gasteiger partial charge in [-0.3, -0.25) is 14.4 Å². The maximum absolute atomic E-state index is 12.2. The van der Waals surface area contributed by atoms with Gasteiger partial charge in [0.05, 0.1) is 29.6 Å². The summed E-state index contributed by atoms with van der Waals surface area (Å²) in [5.74, 6) is -1.28. The number of nitrogens with zero attached hydrogens (tertiary/aromatic N) is 1. The topological polar surface area (TPSA) is 100 Å². The minimum atomic E-state index is -0.967. The lowest BCUT2D eigenvalue weighted by Gasteiger charge is -2.14. The molecule has 3 amide bonds. The molecule has 0 bridgehead atoms. The third-order valence-corrected chi connectivity index (χ3v) is 3.68. The molecule has 1 aliphatic heterocycles. The predicted molar refractivity (Wildman–Crippen MR) is 88.8 cm³/mol. The van der Waals surface area contributed by atoms with Crippen molar-refractivity contribution < 1.29 is 14.4 Å². The number of hydrogen-bond acceptors (Lipinski definition) is 4. The minimum absolute atomic E-state index is 0.200. The van der Waals surface area contributed by atoms with Crippen molar-refractivity contribution in [1.29, 1.82) is 0 Å². The Morgan fingerprint density at radius 3 is 2.75 bits per heavy atom. The summed E-state index contributed by atoms with van der Waals surface area (Å²) in [5.41, 5.74) is 1.23. The van der Waals surface area contributed by atoms with Gasteiger partial charge < -0.3 is 16.0 Å². The summed E-state index contributed by atoms with van der Waals surface area (Å²) in [6, 6.07) is 8.81. The molecule has 0 aliphatic carbocycles. The largest absolute Gasteiger partial charge is 0.340 e. The van der Waals surface area contributed by atoms with Gasteiger partial charge in [0.15, 0.2) is 0 Å². The molecular weight excluding hydrogens is 332 g/mol. The van der Waals surface area contributed by atoms with Crippen LogP contribution in [0.4, 0.5) is 11.4 Å². The molecule has 0 spiro atoms. The van der Waals surface area contributed by atoms with Crippen molar-refractivity contribution in [2.45, 2.75) is 12.5 Å². The van der Waals surface area contributed by atoms with Gasteiger partial charge >= 0.3 is 0 Å². The van der Waals surface area contributed by atoms with Crippen molar-refractivity contribution in [3.05, 3.63) is 53.3 Å². The number of rotatable bonds is 3. The van der Waals surface area contributed by atoms with E-state index in [2.05, 4.69) is 20.9 Å². The average molecular weight is 345 g/mol. The van der Waals surface area contributed by atoms with Crippen LogP contribution in [0.3, 0.4) is 0 Å². The summed E-state index contributed by atoms with van der Waals surface area (Å²) in [7, 11) is 0. The van der Waals surface area contributed by atoms with Crippen molar-refractivity contribution in [1.82, 2.24) is 10.3 Å². The number of fused-ring (bicyclic) bond motifs is 1. The van der Waals surface area contributed by atoms with E-state index in [0.29, 0.717) is 22.1 Å². The number of aromatic nitrogens is 1. The first-order valence-electron chi connectivity index (χ1n) is 7.15. The van der Waals surface area contributed by atoms with Crippen LogP contribution in [0.5, 0.6) is 0 Å². The molecule has 24 heavy (non-hydrogen) atoms. The van der Waals surface area contributed by atoms with Crippen molar-refractivity contribution in [2.24, 2.45) is 0 Å². The second-order valence-electron chi connectivity index (χ2n) is 5.18. The Balaban J connectivity index is 1.69. The number of benzene rings is 1. The lowest BCUT2D eigenvalue weighted by Crippen LogP contribution is -2.43. The van der Waals surface area contributed by atoms with Crippen molar-refractivity contribution >= 4 is 40.7 Å². The van der Waals surface area contributed by atoms with Crippen LogP contribution in [0, 0.1) is 0 Å². The highest BCUT2D eigenvalue weighted by Crippen LogP contribution is 2.19. The van der Waals surface area contributed by atoms with E-state index in [0.717, 1.165) is 0 Å². The summed E-state index contributed by atoms with van der Waals surface area (Å²) in [4.78, 5) is 40.3. The van der Waals surface area contributed by atoms with E-state index in [4.69, 9.17) is 11.6 Å². The third kappa shape index (κ3) is 3.52. The van der Waals surface area contributed by atoms with Crippen molar-refractivity contribution in [3.63, 3.8) is 0 Å². The van der Waals surface area contributed by atoms with Gasteiger partial charge in [-0.05, 0) is 24.3 Å². The smallest absolute Gasteiger partial charge is 0.254 e. The van der Waals surface area contributed by atoms with Gasteiger partial charge in [-0.2, -0.15) is 0 Å². The lowest BCUT2D eigenvalue weighted by molar-refractivity contribution is -0.122. The van der Waals surface area contributed by atoms with Crippen LogP contribution < -0.4 is 16.0 Å². The van der Waals surface area contributed by atoms with E-state index < -0.39 is 23.8 Å². The highest BCUT2D eigenvalue weighted by molar-refractivity contribution is 6.29. The van der Waals surface area contributed by atoms with Crippen LogP contribution in [0.1, 0.15) is 16.8 Å². The Hall–Kier alpha value is -2.93. The molecule has 122 valence electrons. The zero-order valence-electron chi connectivity index (χ0n) is 12.4. The van der Waals surface area contributed by atoms with E-state index in [1.807, 2.05) is 0 Å². The normalized spacial score (nSPS) is 16.5. The maximum atomic E-state index is 12.2. The Morgan fingerprint density at radius 2 is 2.00 bits per heavy atom. The van der Waals surface area contributed by atoms with Crippen molar-refractivity contribution in [2.75, 3.05) is 10.6 Å². The number of amides is 3. The molecule has 1 aromatic heterocycles. The molecule has 8 heteroatoms. The Morgan fingerprint density at radius 1 is 1.21 bits per heavy atom. The molecule has 2 aromatic rings. The SMILES string of the molecule is O=C(CC1NC(=O)c2ccccc2NC1=O)Nc1ccc(Cl)nc1. The molecule has 1 unspecified atom stereocenters. The number of pyridine rings is 1.